The number of nitrogens with one attached hydrogen (secondary N) is 1. The first-order valence-corrected chi connectivity index (χ1v) is 6.52. The zero-order chi connectivity index (χ0) is 13.0. The lowest BCUT2D eigenvalue weighted by Crippen LogP contribution is -2.37. The van der Waals surface area contributed by atoms with Crippen molar-refractivity contribution in [2.24, 2.45) is 5.73 Å². The van der Waals surface area contributed by atoms with Crippen LogP contribution < -0.4 is 10.6 Å². The number of nitrogens with two attached hydrogens (primary N) is 1. The predicted octanol–water partition coefficient (Wildman–Crippen LogP) is 1.86. The van der Waals surface area contributed by atoms with Gasteiger partial charge >= 0.3 is 0 Å². The van der Waals surface area contributed by atoms with Crippen molar-refractivity contribution in [3.63, 3.8) is 0 Å². The Morgan fingerprint density at radius 3 is 2.83 bits per heavy atom. The average Bonchev–Trinajstić information content (AvgIpc) is 2.84. The first-order chi connectivity index (χ1) is 8.66. The van der Waals surface area contributed by atoms with Gasteiger partial charge < -0.3 is 15.6 Å². The van der Waals surface area contributed by atoms with Crippen LogP contribution in [0.15, 0.2) is 35.3 Å². The summed E-state index contributed by atoms with van der Waals surface area (Å²) in [5.74, 6) is 0.741. The van der Waals surface area contributed by atoms with Gasteiger partial charge in [-0.15, -0.1) is 0 Å². The van der Waals surface area contributed by atoms with Crippen molar-refractivity contribution in [3.8, 4) is 0 Å². The summed E-state index contributed by atoms with van der Waals surface area (Å²) in [5, 5.41) is 0.310. The van der Waals surface area contributed by atoms with Crippen LogP contribution in [0, 0.1) is 0 Å². The number of anilines is 1. The molecule has 2 aromatic rings. The van der Waals surface area contributed by atoms with Gasteiger partial charge in [-0.05, 0) is 40.3 Å². The fourth-order valence-corrected chi connectivity index (χ4v) is 1.94. The van der Waals surface area contributed by atoms with Gasteiger partial charge in [-0.2, -0.15) is 0 Å². The molecule has 18 heavy (non-hydrogen) atoms. The number of hydrogen-bond donors (Lipinski definition) is 2. The van der Waals surface area contributed by atoms with E-state index in [0.29, 0.717) is 11.7 Å². The van der Waals surface area contributed by atoms with E-state index >= 15 is 0 Å². The molecule has 0 spiro atoms. The predicted molar refractivity (Wildman–Crippen MR) is 78.4 cm³/mol. The number of H-pyrrole nitrogens is 1. The van der Waals surface area contributed by atoms with Gasteiger partial charge in [0.25, 0.3) is 0 Å². The number of hydrogen-bond acceptors (Lipinski definition) is 3. The number of halogens is 1. The van der Waals surface area contributed by atoms with E-state index < -0.39 is 0 Å². The highest BCUT2D eigenvalue weighted by molar-refractivity contribution is 9.10. The van der Waals surface area contributed by atoms with E-state index in [1.54, 1.807) is 23.6 Å². The molecule has 0 fully saturated rings. The molecule has 0 bridgehead atoms. The molecular formula is C11H12BrN5S. The minimum absolute atomic E-state index is 0.310. The number of rotatable bonds is 4. The molecule has 3 N–H and O–H groups in total. The van der Waals surface area contributed by atoms with E-state index in [2.05, 4.69) is 30.9 Å². The van der Waals surface area contributed by atoms with Crippen molar-refractivity contribution in [2.45, 2.75) is 6.42 Å². The molecule has 0 amide bonds. The maximum Gasteiger partial charge on any atom is 0.171 e. The lowest BCUT2D eigenvalue weighted by atomic mass is 10.3. The van der Waals surface area contributed by atoms with Gasteiger partial charge in [-0.25, -0.2) is 9.97 Å². The minimum atomic E-state index is 0.310. The molecule has 2 aromatic heterocycles. The second-order valence-corrected chi connectivity index (χ2v) is 4.99. The Balaban J connectivity index is 2.08. The van der Waals surface area contributed by atoms with Gasteiger partial charge in [0.2, 0.25) is 0 Å². The lowest BCUT2D eigenvalue weighted by Gasteiger charge is -2.21. The summed E-state index contributed by atoms with van der Waals surface area (Å²) >= 11 is 8.40. The lowest BCUT2D eigenvalue weighted by molar-refractivity contribution is 0.895. The molecule has 0 unspecified atom stereocenters. The van der Waals surface area contributed by atoms with E-state index in [0.717, 1.165) is 22.4 Å². The maximum absolute atomic E-state index is 5.73. The highest BCUT2D eigenvalue weighted by atomic mass is 79.9. The summed E-state index contributed by atoms with van der Waals surface area (Å²) in [7, 11) is 0. The maximum atomic E-state index is 5.73. The van der Waals surface area contributed by atoms with Crippen molar-refractivity contribution in [1.82, 2.24) is 15.0 Å². The summed E-state index contributed by atoms with van der Waals surface area (Å²) in [4.78, 5) is 13.1. The Labute approximate surface area is 119 Å². The fourth-order valence-electron chi connectivity index (χ4n) is 1.52. The summed E-state index contributed by atoms with van der Waals surface area (Å²) < 4.78 is 0.919. The Morgan fingerprint density at radius 2 is 2.28 bits per heavy atom. The van der Waals surface area contributed by atoms with Crippen LogP contribution in [-0.4, -0.2) is 26.6 Å². The standard InChI is InChI=1S/C11H12BrN5S/c12-8-1-2-10(15-5-8)17(11(13)18)4-3-9-6-14-7-16-9/h1-2,5-7H,3-4H2,(H2,13,18)(H,14,16). The molecule has 0 aliphatic carbocycles. The molecule has 0 aliphatic rings. The Morgan fingerprint density at radius 1 is 1.44 bits per heavy atom. The second kappa shape index (κ2) is 5.92. The number of nitrogens with zero attached hydrogens (tertiary/aromatic N) is 3. The van der Waals surface area contributed by atoms with Crippen LogP contribution in [0.4, 0.5) is 5.82 Å². The first-order valence-electron chi connectivity index (χ1n) is 5.32. The minimum Gasteiger partial charge on any atom is -0.376 e. The normalized spacial score (nSPS) is 10.3. The molecule has 0 saturated heterocycles. The summed E-state index contributed by atoms with van der Waals surface area (Å²) in [6.45, 7) is 0.659. The fraction of sp³-hybridized carbons (Fsp3) is 0.182. The molecular weight excluding hydrogens is 314 g/mol. The van der Waals surface area contributed by atoms with Crippen LogP contribution in [0.3, 0.4) is 0 Å². The topological polar surface area (TPSA) is 70.8 Å². The average molecular weight is 326 g/mol. The monoisotopic (exact) mass is 325 g/mol. The number of imidazole rings is 1. The van der Waals surface area contributed by atoms with Crippen LogP contribution in [0.2, 0.25) is 0 Å². The SMILES string of the molecule is NC(=S)N(CCc1cnc[nH]1)c1ccc(Br)cn1. The van der Waals surface area contributed by atoms with Crippen LogP contribution in [-0.2, 0) is 6.42 Å². The van der Waals surface area contributed by atoms with E-state index in [-0.39, 0.29) is 0 Å². The van der Waals surface area contributed by atoms with Crippen LogP contribution in [0.1, 0.15) is 5.69 Å². The van der Waals surface area contributed by atoms with Crippen molar-refractivity contribution < 1.29 is 0 Å². The summed E-state index contributed by atoms with van der Waals surface area (Å²) in [5.41, 5.74) is 6.76. The largest absolute Gasteiger partial charge is 0.376 e. The van der Waals surface area contributed by atoms with Crippen molar-refractivity contribution >= 4 is 39.1 Å². The van der Waals surface area contributed by atoms with Crippen LogP contribution in [0.25, 0.3) is 0 Å². The van der Waals surface area contributed by atoms with E-state index in [1.807, 2.05) is 12.1 Å². The molecule has 0 radical (unpaired) electrons. The number of aromatic nitrogens is 3. The molecule has 7 heteroatoms. The molecule has 2 rings (SSSR count). The van der Waals surface area contributed by atoms with Crippen LogP contribution in [0.5, 0.6) is 0 Å². The molecule has 5 nitrogen and oxygen atoms in total. The molecule has 0 atom stereocenters. The third-order valence-corrected chi connectivity index (χ3v) is 3.10. The van der Waals surface area contributed by atoms with Crippen molar-refractivity contribution in [3.05, 3.63) is 41.0 Å². The van der Waals surface area contributed by atoms with Gasteiger partial charge in [0, 0.05) is 35.5 Å². The number of thiocarbonyl (C=S) groups is 1. The molecule has 2 heterocycles. The summed E-state index contributed by atoms with van der Waals surface area (Å²) in [6, 6.07) is 3.78. The van der Waals surface area contributed by atoms with Gasteiger partial charge in [0.1, 0.15) is 5.82 Å². The zero-order valence-electron chi connectivity index (χ0n) is 9.51. The Hall–Kier alpha value is -1.47. The van der Waals surface area contributed by atoms with Crippen molar-refractivity contribution in [1.29, 1.82) is 0 Å². The quantitative estimate of drug-likeness (QED) is 0.839. The third kappa shape index (κ3) is 3.27. The van der Waals surface area contributed by atoms with E-state index in [1.165, 1.54) is 0 Å². The van der Waals surface area contributed by atoms with E-state index in [9.17, 15) is 0 Å². The first kappa shape index (κ1) is 13.0. The number of pyridine rings is 1. The van der Waals surface area contributed by atoms with Crippen molar-refractivity contribution in [2.75, 3.05) is 11.4 Å². The van der Waals surface area contributed by atoms with Gasteiger partial charge in [-0.1, -0.05) is 0 Å². The molecule has 0 saturated carbocycles. The molecule has 94 valence electrons. The highest BCUT2D eigenvalue weighted by Crippen LogP contribution is 2.15. The molecule has 0 aliphatic heterocycles. The Bertz CT molecular complexity index is 511. The van der Waals surface area contributed by atoms with Gasteiger partial charge in [-0.3, -0.25) is 0 Å². The van der Waals surface area contributed by atoms with Gasteiger partial charge in [0.05, 0.1) is 6.33 Å². The number of aromatic amines is 1. The Kier molecular flexibility index (Phi) is 4.27. The highest BCUT2D eigenvalue weighted by Gasteiger charge is 2.11. The third-order valence-electron chi connectivity index (χ3n) is 2.41. The summed E-state index contributed by atoms with van der Waals surface area (Å²) in [6.07, 6.45) is 5.93. The van der Waals surface area contributed by atoms with E-state index in [4.69, 9.17) is 18.0 Å². The van der Waals surface area contributed by atoms with Crippen LogP contribution >= 0.6 is 28.1 Å². The smallest absolute Gasteiger partial charge is 0.171 e. The molecule has 0 aromatic carbocycles. The second-order valence-electron chi connectivity index (χ2n) is 3.65. The van der Waals surface area contributed by atoms with Gasteiger partial charge in [0.15, 0.2) is 5.11 Å². The zero-order valence-corrected chi connectivity index (χ0v) is 11.9.